The van der Waals surface area contributed by atoms with Crippen LogP contribution in [-0.4, -0.2) is 20.9 Å². The summed E-state index contributed by atoms with van der Waals surface area (Å²) >= 11 is 6.99. The molecule has 0 fully saturated rings. The average Bonchev–Trinajstić information content (AvgIpc) is 2.78. The number of amides is 1. The minimum atomic E-state index is -0.344. The average molecular weight is 283 g/mol. The highest BCUT2D eigenvalue weighted by Crippen LogP contribution is 2.21. The number of carbonyl (C=O) groups excluding carboxylic acids is 1. The van der Waals surface area contributed by atoms with Crippen LogP contribution in [0.5, 0.6) is 0 Å². The van der Waals surface area contributed by atoms with E-state index in [9.17, 15) is 4.79 Å². The van der Waals surface area contributed by atoms with E-state index in [1.807, 2.05) is 19.2 Å². The van der Waals surface area contributed by atoms with E-state index >= 15 is 0 Å². The quantitative estimate of drug-likeness (QED) is 0.940. The van der Waals surface area contributed by atoms with Crippen molar-refractivity contribution in [1.29, 1.82) is 0 Å². The maximum atomic E-state index is 11.8. The van der Waals surface area contributed by atoms with E-state index in [2.05, 4.69) is 20.3 Å². The molecule has 0 aliphatic heterocycles. The molecule has 0 aromatic carbocycles. The minimum Gasteiger partial charge on any atom is -0.296 e. The Morgan fingerprint density at radius 3 is 2.72 bits per heavy atom. The van der Waals surface area contributed by atoms with Gasteiger partial charge in [0.2, 0.25) is 0 Å². The van der Waals surface area contributed by atoms with Crippen molar-refractivity contribution in [2.24, 2.45) is 0 Å². The summed E-state index contributed by atoms with van der Waals surface area (Å²) in [6.07, 6.45) is 2.66. The van der Waals surface area contributed by atoms with Gasteiger partial charge in [-0.25, -0.2) is 15.0 Å². The molecule has 5 nitrogen and oxygen atoms in total. The highest BCUT2D eigenvalue weighted by molar-refractivity contribution is 7.14. The molecule has 2 heterocycles. The summed E-state index contributed by atoms with van der Waals surface area (Å²) in [6.45, 7) is 4.09. The topological polar surface area (TPSA) is 67.8 Å². The molecule has 0 saturated heterocycles. The predicted molar refractivity (Wildman–Crippen MR) is 71.2 cm³/mol. The maximum Gasteiger partial charge on any atom is 0.277 e. The zero-order chi connectivity index (χ0) is 13.1. The van der Waals surface area contributed by atoms with Gasteiger partial charge in [0.25, 0.3) is 5.91 Å². The molecule has 1 N–H and O–H groups in total. The molecule has 18 heavy (non-hydrogen) atoms. The molecule has 0 spiro atoms. The van der Waals surface area contributed by atoms with Gasteiger partial charge in [0, 0.05) is 5.38 Å². The second-order valence-electron chi connectivity index (χ2n) is 3.91. The van der Waals surface area contributed by atoms with Crippen molar-refractivity contribution in [3.05, 3.63) is 34.3 Å². The van der Waals surface area contributed by atoms with Gasteiger partial charge in [-0.05, 0) is 5.92 Å². The van der Waals surface area contributed by atoms with E-state index < -0.39 is 0 Å². The Labute approximate surface area is 113 Å². The van der Waals surface area contributed by atoms with Crippen LogP contribution in [0.2, 0.25) is 5.15 Å². The number of nitrogens with one attached hydrogen (secondary N) is 1. The standard InChI is InChI=1S/C11H11ClN4OS/c1-6(2)8-5-18-11(15-8)16-10(17)7-3-14-9(12)4-13-7/h3-6H,1-2H3,(H,15,16,17). The third kappa shape index (κ3) is 3.02. The van der Waals surface area contributed by atoms with Crippen molar-refractivity contribution in [3.8, 4) is 0 Å². The first kappa shape index (κ1) is 12.9. The van der Waals surface area contributed by atoms with Crippen molar-refractivity contribution in [3.63, 3.8) is 0 Å². The molecule has 0 aliphatic carbocycles. The molecule has 94 valence electrons. The van der Waals surface area contributed by atoms with Crippen LogP contribution in [0, 0.1) is 0 Å². The summed E-state index contributed by atoms with van der Waals surface area (Å²) in [5, 5.41) is 5.41. The Kier molecular flexibility index (Phi) is 3.88. The Morgan fingerprint density at radius 1 is 1.39 bits per heavy atom. The van der Waals surface area contributed by atoms with E-state index in [0.29, 0.717) is 11.0 Å². The summed E-state index contributed by atoms with van der Waals surface area (Å²) in [5.74, 6) is -0.00829. The lowest BCUT2D eigenvalue weighted by Gasteiger charge is -2.00. The molecule has 0 atom stereocenters. The van der Waals surface area contributed by atoms with Crippen molar-refractivity contribution in [1.82, 2.24) is 15.0 Å². The van der Waals surface area contributed by atoms with Gasteiger partial charge in [0.1, 0.15) is 10.8 Å². The fourth-order valence-electron chi connectivity index (χ4n) is 1.20. The Bertz CT molecular complexity index is 552. The van der Waals surface area contributed by atoms with Crippen LogP contribution in [0.3, 0.4) is 0 Å². The SMILES string of the molecule is CC(C)c1csc(NC(=O)c2cnc(Cl)cn2)n1. The van der Waals surface area contributed by atoms with E-state index in [0.717, 1.165) is 5.69 Å². The lowest BCUT2D eigenvalue weighted by Crippen LogP contribution is -2.13. The molecule has 0 saturated carbocycles. The van der Waals surface area contributed by atoms with Gasteiger partial charge in [-0.15, -0.1) is 11.3 Å². The summed E-state index contributed by atoms with van der Waals surface area (Å²) in [6, 6.07) is 0. The van der Waals surface area contributed by atoms with Crippen molar-refractivity contribution >= 4 is 34.0 Å². The zero-order valence-electron chi connectivity index (χ0n) is 9.85. The number of thiazole rings is 1. The largest absolute Gasteiger partial charge is 0.296 e. The fraction of sp³-hybridized carbons (Fsp3) is 0.273. The number of aromatic nitrogens is 3. The van der Waals surface area contributed by atoms with Crippen LogP contribution in [-0.2, 0) is 0 Å². The minimum absolute atomic E-state index is 0.209. The zero-order valence-corrected chi connectivity index (χ0v) is 11.4. The number of hydrogen-bond donors (Lipinski definition) is 1. The van der Waals surface area contributed by atoms with Crippen LogP contribution >= 0.6 is 22.9 Å². The number of nitrogens with zero attached hydrogens (tertiary/aromatic N) is 3. The number of carbonyl (C=O) groups is 1. The van der Waals surface area contributed by atoms with Crippen molar-refractivity contribution in [2.75, 3.05) is 5.32 Å². The van der Waals surface area contributed by atoms with Crippen LogP contribution in [0.1, 0.15) is 35.9 Å². The van der Waals surface area contributed by atoms with Crippen LogP contribution in [0.15, 0.2) is 17.8 Å². The number of hydrogen-bond acceptors (Lipinski definition) is 5. The van der Waals surface area contributed by atoms with Crippen LogP contribution in [0.4, 0.5) is 5.13 Å². The first-order valence-electron chi connectivity index (χ1n) is 5.30. The number of rotatable bonds is 3. The monoisotopic (exact) mass is 282 g/mol. The van der Waals surface area contributed by atoms with Gasteiger partial charge >= 0.3 is 0 Å². The predicted octanol–water partition coefficient (Wildman–Crippen LogP) is 2.96. The van der Waals surface area contributed by atoms with Gasteiger partial charge in [0.05, 0.1) is 18.1 Å². The van der Waals surface area contributed by atoms with Gasteiger partial charge in [-0.2, -0.15) is 0 Å². The molecule has 2 rings (SSSR count). The van der Waals surface area contributed by atoms with Crippen LogP contribution < -0.4 is 5.32 Å². The Hall–Kier alpha value is -1.53. The number of anilines is 1. The Balaban J connectivity index is 2.08. The van der Waals surface area contributed by atoms with Crippen molar-refractivity contribution in [2.45, 2.75) is 19.8 Å². The molecule has 2 aromatic rings. The third-order valence-electron chi connectivity index (χ3n) is 2.19. The first-order chi connectivity index (χ1) is 8.56. The number of halogens is 1. The lowest BCUT2D eigenvalue weighted by molar-refractivity contribution is 0.102. The molecular formula is C11H11ClN4OS. The van der Waals surface area contributed by atoms with Crippen LogP contribution in [0.25, 0.3) is 0 Å². The van der Waals surface area contributed by atoms with Gasteiger partial charge in [-0.3, -0.25) is 10.1 Å². The van der Waals surface area contributed by atoms with Gasteiger partial charge in [0.15, 0.2) is 5.13 Å². The summed E-state index contributed by atoms with van der Waals surface area (Å²) in [7, 11) is 0. The summed E-state index contributed by atoms with van der Waals surface area (Å²) in [5.41, 5.74) is 1.16. The molecule has 0 aliphatic rings. The fourth-order valence-corrected chi connectivity index (χ4v) is 2.16. The summed E-state index contributed by atoms with van der Waals surface area (Å²) in [4.78, 5) is 23.8. The van der Waals surface area contributed by atoms with Gasteiger partial charge in [-0.1, -0.05) is 25.4 Å². The van der Waals surface area contributed by atoms with E-state index in [4.69, 9.17) is 11.6 Å². The lowest BCUT2D eigenvalue weighted by atomic mass is 10.2. The molecular weight excluding hydrogens is 272 g/mol. The second kappa shape index (κ2) is 5.41. The first-order valence-corrected chi connectivity index (χ1v) is 6.56. The maximum absolute atomic E-state index is 11.8. The Morgan fingerprint density at radius 2 is 2.17 bits per heavy atom. The molecule has 7 heteroatoms. The van der Waals surface area contributed by atoms with E-state index in [-0.39, 0.29) is 16.8 Å². The second-order valence-corrected chi connectivity index (χ2v) is 5.16. The van der Waals surface area contributed by atoms with Crippen molar-refractivity contribution < 1.29 is 4.79 Å². The highest BCUT2D eigenvalue weighted by atomic mass is 35.5. The molecule has 0 radical (unpaired) electrons. The molecule has 2 aromatic heterocycles. The van der Waals surface area contributed by atoms with E-state index in [1.54, 1.807) is 0 Å². The molecule has 0 bridgehead atoms. The van der Waals surface area contributed by atoms with Gasteiger partial charge < -0.3 is 0 Å². The highest BCUT2D eigenvalue weighted by Gasteiger charge is 2.11. The molecule has 1 amide bonds. The third-order valence-corrected chi connectivity index (χ3v) is 3.16. The summed E-state index contributed by atoms with van der Waals surface area (Å²) < 4.78 is 0. The molecule has 0 unspecified atom stereocenters. The normalized spacial score (nSPS) is 10.7. The van der Waals surface area contributed by atoms with E-state index in [1.165, 1.54) is 23.7 Å². The smallest absolute Gasteiger partial charge is 0.277 e.